The third-order valence-electron chi connectivity index (χ3n) is 13.6. The van der Waals surface area contributed by atoms with Gasteiger partial charge in [-0.2, -0.15) is 0 Å². The Kier molecular flexibility index (Phi) is 10.2. The zero-order valence-electron chi connectivity index (χ0n) is 37.3. The van der Waals surface area contributed by atoms with Crippen molar-refractivity contribution in [3.05, 3.63) is 255 Å². The minimum Gasteiger partial charge on any atom is -0.343 e. The number of carbonyl (C=O) groups is 4. The molecular weight excluding hydrogens is 825 g/mol. The van der Waals surface area contributed by atoms with Gasteiger partial charge in [0.05, 0.1) is 11.2 Å². The Morgan fingerprint density at radius 2 is 0.881 bits per heavy atom. The van der Waals surface area contributed by atoms with E-state index in [1.165, 1.54) is 10.9 Å². The Hall–Kier alpha value is -8.48. The number of allylic oxidation sites excluding steroid dienone is 1. The number of fused-ring (bicyclic) bond motifs is 7. The van der Waals surface area contributed by atoms with Crippen LogP contribution >= 0.6 is 0 Å². The third kappa shape index (κ3) is 6.80. The standard InChI is InChI=1S/C61H44N2O4/c1-37-31-32-47(45-26-11-13-28-49(45)61(67)43-24-15-22-41(36-43)59(65)39-19-8-5-9-20-39)57-53(37)55-52(63(57)3)34-33-51-54(55)50-30-16-29-46(56(50)62(51)2)44-25-10-12-27-48(44)60(66)42-23-14-21-40(35-42)58(64)38-17-6-4-7-18-38/h4-30,32-37H,31H2,1-3H3. The third-order valence-corrected chi connectivity index (χ3v) is 13.6. The van der Waals surface area contributed by atoms with Crippen LogP contribution in [0.1, 0.15) is 99.8 Å². The first-order valence-corrected chi connectivity index (χ1v) is 22.6. The monoisotopic (exact) mass is 868 g/mol. The summed E-state index contributed by atoms with van der Waals surface area (Å²) in [5, 5.41) is 3.40. The predicted molar refractivity (Wildman–Crippen MR) is 268 cm³/mol. The Morgan fingerprint density at radius 3 is 1.46 bits per heavy atom. The molecule has 0 radical (unpaired) electrons. The van der Waals surface area contributed by atoms with E-state index in [1.807, 2.05) is 84.9 Å². The number of para-hydroxylation sites is 1. The number of hydrogen-bond acceptors (Lipinski definition) is 4. The van der Waals surface area contributed by atoms with E-state index >= 15 is 0 Å². The molecule has 322 valence electrons. The summed E-state index contributed by atoms with van der Waals surface area (Å²) in [5.41, 5.74) is 13.2. The van der Waals surface area contributed by atoms with Crippen molar-refractivity contribution in [3.63, 3.8) is 0 Å². The molecule has 0 fully saturated rings. The fourth-order valence-corrected chi connectivity index (χ4v) is 10.4. The van der Waals surface area contributed by atoms with Crippen LogP contribution in [0.15, 0.2) is 194 Å². The maximum absolute atomic E-state index is 14.6. The summed E-state index contributed by atoms with van der Waals surface area (Å²) in [6.07, 6.45) is 3.05. The molecule has 2 aromatic heterocycles. The van der Waals surface area contributed by atoms with Crippen molar-refractivity contribution in [2.45, 2.75) is 19.3 Å². The van der Waals surface area contributed by atoms with Gasteiger partial charge in [0.2, 0.25) is 0 Å². The lowest BCUT2D eigenvalue weighted by Crippen LogP contribution is -2.12. The van der Waals surface area contributed by atoms with Crippen LogP contribution in [0.2, 0.25) is 0 Å². The van der Waals surface area contributed by atoms with Gasteiger partial charge < -0.3 is 9.13 Å². The topological polar surface area (TPSA) is 78.1 Å². The predicted octanol–water partition coefficient (Wildman–Crippen LogP) is 13.4. The Morgan fingerprint density at radius 1 is 0.433 bits per heavy atom. The van der Waals surface area contributed by atoms with Crippen LogP contribution in [0, 0.1) is 0 Å². The van der Waals surface area contributed by atoms with Crippen LogP contribution in [0.5, 0.6) is 0 Å². The summed E-state index contributed by atoms with van der Waals surface area (Å²) in [6.45, 7) is 2.28. The van der Waals surface area contributed by atoms with Gasteiger partial charge in [0.1, 0.15) is 0 Å². The number of aromatic nitrogens is 2. The molecule has 11 rings (SSSR count). The maximum Gasteiger partial charge on any atom is 0.193 e. The second-order valence-electron chi connectivity index (χ2n) is 17.5. The van der Waals surface area contributed by atoms with Crippen LogP contribution in [0.4, 0.5) is 0 Å². The second-order valence-corrected chi connectivity index (χ2v) is 17.5. The van der Waals surface area contributed by atoms with Gasteiger partial charge in [-0.05, 0) is 53.3 Å². The van der Waals surface area contributed by atoms with Gasteiger partial charge >= 0.3 is 0 Å². The van der Waals surface area contributed by atoms with E-state index in [2.05, 4.69) is 66.6 Å². The number of carbonyl (C=O) groups excluding carboxylic acids is 4. The molecule has 0 N–H and O–H groups in total. The molecule has 67 heavy (non-hydrogen) atoms. The average Bonchev–Trinajstić information content (AvgIpc) is 3.86. The average molecular weight is 869 g/mol. The zero-order valence-corrected chi connectivity index (χ0v) is 37.3. The first-order chi connectivity index (χ1) is 32.7. The van der Waals surface area contributed by atoms with Crippen molar-refractivity contribution in [2.24, 2.45) is 14.1 Å². The van der Waals surface area contributed by atoms with Gasteiger partial charge in [-0.25, -0.2) is 0 Å². The fourth-order valence-electron chi connectivity index (χ4n) is 10.4. The summed E-state index contributed by atoms with van der Waals surface area (Å²) in [6, 6.07) is 58.6. The van der Waals surface area contributed by atoms with E-state index in [9.17, 15) is 19.2 Å². The van der Waals surface area contributed by atoms with E-state index in [0.29, 0.717) is 44.5 Å². The van der Waals surface area contributed by atoms with Crippen LogP contribution in [0.25, 0.3) is 49.4 Å². The van der Waals surface area contributed by atoms with Crippen molar-refractivity contribution < 1.29 is 19.2 Å². The lowest BCUT2D eigenvalue weighted by Gasteiger charge is -2.23. The molecule has 1 aliphatic rings. The van der Waals surface area contributed by atoms with E-state index in [4.69, 9.17) is 0 Å². The van der Waals surface area contributed by atoms with Gasteiger partial charge in [-0.3, -0.25) is 19.2 Å². The first kappa shape index (κ1) is 41.2. The van der Waals surface area contributed by atoms with Gasteiger partial charge in [-0.1, -0.05) is 177 Å². The number of aryl methyl sites for hydroxylation is 2. The largest absolute Gasteiger partial charge is 0.343 e. The minimum atomic E-state index is -0.158. The molecule has 2 heterocycles. The molecule has 0 saturated heterocycles. The van der Waals surface area contributed by atoms with E-state index in [-0.39, 0.29) is 29.1 Å². The molecule has 0 aliphatic heterocycles. The molecule has 1 aliphatic carbocycles. The van der Waals surface area contributed by atoms with Crippen LogP contribution in [-0.2, 0) is 14.1 Å². The Labute approximate surface area is 388 Å². The Balaban J connectivity index is 1.02. The second kappa shape index (κ2) is 16.5. The highest BCUT2D eigenvalue weighted by Gasteiger charge is 2.31. The van der Waals surface area contributed by atoms with Crippen LogP contribution < -0.4 is 0 Å². The number of rotatable bonds is 10. The van der Waals surface area contributed by atoms with Crippen LogP contribution in [-0.4, -0.2) is 32.3 Å². The van der Waals surface area contributed by atoms with Gasteiger partial charge in [0, 0.05) is 96.9 Å². The molecule has 10 aromatic rings. The normalized spacial score (nSPS) is 13.4. The van der Waals surface area contributed by atoms with E-state index in [1.54, 1.807) is 72.8 Å². The number of nitrogens with zero attached hydrogens (tertiary/aromatic N) is 2. The molecule has 1 unspecified atom stereocenters. The lowest BCUT2D eigenvalue weighted by atomic mass is 9.81. The molecule has 1 atom stereocenters. The molecular formula is C61H44N2O4. The highest BCUT2D eigenvalue weighted by Crippen LogP contribution is 2.48. The SMILES string of the molecule is CC1CC=C(c2ccccc2C(=O)c2cccc(C(=O)c3ccccc3)c2)c2c1c1c3c4cccc(-c5ccccc5C(=O)c5cccc(C(=O)c6ccccc6)c5)c4n(C)c3ccc1n2C. The molecule has 0 saturated carbocycles. The number of benzene rings is 8. The molecule has 6 heteroatoms. The van der Waals surface area contributed by atoms with Crippen molar-refractivity contribution >= 4 is 61.4 Å². The molecule has 0 amide bonds. The number of hydrogen-bond donors (Lipinski definition) is 0. The van der Waals surface area contributed by atoms with E-state index < -0.39 is 0 Å². The molecule has 8 aromatic carbocycles. The van der Waals surface area contributed by atoms with Crippen molar-refractivity contribution in [1.82, 2.24) is 9.13 Å². The summed E-state index contributed by atoms with van der Waals surface area (Å²) in [4.78, 5) is 56.0. The van der Waals surface area contributed by atoms with Gasteiger partial charge in [0.15, 0.2) is 23.1 Å². The summed E-state index contributed by atoms with van der Waals surface area (Å²) in [7, 11) is 4.21. The summed E-state index contributed by atoms with van der Waals surface area (Å²) in [5.74, 6) is -0.385. The first-order valence-electron chi connectivity index (χ1n) is 22.6. The zero-order chi connectivity index (χ0) is 45.9. The van der Waals surface area contributed by atoms with Gasteiger partial charge in [-0.15, -0.1) is 0 Å². The van der Waals surface area contributed by atoms with Gasteiger partial charge in [0.25, 0.3) is 0 Å². The number of ketones is 4. The summed E-state index contributed by atoms with van der Waals surface area (Å²) >= 11 is 0. The quantitative estimate of drug-likeness (QED) is 0.128. The van der Waals surface area contributed by atoms with Crippen molar-refractivity contribution in [3.8, 4) is 11.1 Å². The Bertz CT molecular complexity index is 3720. The van der Waals surface area contributed by atoms with E-state index in [0.717, 1.165) is 61.7 Å². The summed E-state index contributed by atoms with van der Waals surface area (Å²) < 4.78 is 4.52. The highest BCUT2D eigenvalue weighted by molar-refractivity contribution is 6.25. The smallest absolute Gasteiger partial charge is 0.193 e. The fraction of sp³-hybridized carbons (Fsp3) is 0.0820. The molecule has 6 nitrogen and oxygen atoms in total. The maximum atomic E-state index is 14.6. The highest BCUT2D eigenvalue weighted by atomic mass is 16.1. The van der Waals surface area contributed by atoms with Crippen molar-refractivity contribution in [1.29, 1.82) is 0 Å². The van der Waals surface area contributed by atoms with Crippen molar-refractivity contribution in [2.75, 3.05) is 0 Å². The molecule has 0 spiro atoms. The minimum absolute atomic E-state index is 0.128. The van der Waals surface area contributed by atoms with Crippen LogP contribution in [0.3, 0.4) is 0 Å². The molecule has 0 bridgehead atoms. The lowest BCUT2D eigenvalue weighted by molar-refractivity contribution is 0.102.